The molecule has 48 heavy (non-hydrogen) atoms. The summed E-state index contributed by atoms with van der Waals surface area (Å²) < 4.78 is 4.81. The van der Waals surface area contributed by atoms with Gasteiger partial charge in [-0.1, -0.05) is 102 Å². The van der Waals surface area contributed by atoms with Crippen molar-refractivity contribution in [2.24, 2.45) is 14.1 Å². The molecular weight excluding hydrogens is 621 g/mol. The number of hydrogen-bond donors (Lipinski definition) is 0. The Bertz CT molecular complexity index is 2000. The van der Waals surface area contributed by atoms with Crippen LogP contribution >= 0.6 is 22.7 Å². The first-order chi connectivity index (χ1) is 23.6. The van der Waals surface area contributed by atoms with Gasteiger partial charge in [0.15, 0.2) is 0 Å². The number of nitrogens with zero attached hydrogens (tertiary/aromatic N) is 2. The van der Waals surface area contributed by atoms with Crippen LogP contribution in [0.15, 0.2) is 72.8 Å². The number of aromatic nitrogens is 2. The van der Waals surface area contributed by atoms with Crippen LogP contribution in [0, 0.1) is 0 Å². The number of rotatable bonds is 16. The van der Waals surface area contributed by atoms with Gasteiger partial charge in [-0.05, 0) is 85.3 Å². The minimum atomic E-state index is 1.21. The first-order valence-corrected chi connectivity index (χ1v) is 20.3. The number of hydrogen-bond acceptors (Lipinski definition) is 2. The molecule has 7 rings (SSSR count). The first-order valence-electron chi connectivity index (χ1n) is 18.7. The number of benzene rings is 3. The van der Waals surface area contributed by atoms with Crippen molar-refractivity contribution < 1.29 is 0 Å². The number of unbranched alkanes of at least 4 members (excludes halogenated alkanes) is 10. The molecule has 0 aliphatic carbocycles. The van der Waals surface area contributed by atoms with Gasteiger partial charge >= 0.3 is 0 Å². The van der Waals surface area contributed by atoms with Crippen LogP contribution in [0.25, 0.3) is 64.5 Å². The molecule has 4 heteroatoms. The van der Waals surface area contributed by atoms with Crippen LogP contribution in [0.2, 0.25) is 0 Å². The van der Waals surface area contributed by atoms with Crippen LogP contribution in [-0.4, -0.2) is 9.13 Å². The highest BCUT2D eigenvalue weighted by Gasteiger charge is 2.16. The molecule has 0 amide bonds. The average Bonchev–Trinajstić information content (AvgIpc) is 3.89. The SMILES string of the molecule is CCCCCCCCc1ccc(-c2ccc3c4cc5c(cc4n(C)c3c2)c2ccc(-c3ccc(CCCCCCCC)s3)cc2n5C)s1. The van der Waals surface area contributed by atoms with Crippen LogP contribution in [0.4, 0.5) is 0 Å². The maximum Gasteiger partial charge on any atom is 0.0496 e. The van der Waals surface area contributed by atoms with Crippen molar-refractivity contribution in [3.63, 3.8) is 0 Å². The van der Waals surface area contributed by atoms with E-state index in [9.17, 15) is 0 Å². The Kier molecular flexibility index (Phi) is 10.4. The highest BCUT2D eigenvalue weighted by Crippen LogP contribution is 2.40. The molecule has 0 aliphatic rings. The van der Waals surface area contributed by atoms with Crippen molar-refractivity contribution in [2.75, 3.05) is 0 Å². The predicted molar refractivity (Wildman–Crippen MR) is 215 cm³/mol. The number of aryl methyl sites for hydroxylation is 4. The maximum absolute atomic E-state index is 2.43. The minimum absolute atomic E-state index is 1.21. The number of fused-ring (bicyclic) bond motifs is 6. The van der Waals surface area contributed by atoms with Crippen molar-refractivity contribution in [3.8, 4) is 20.9 Å². The molecule has 0 saturated carbocycles. The van der Waals surface area contributed by atoms with Crippen molar-refractivity contribution in [3.05, 3.63) is 82.6 Å². The van der Waals surface area contributed by atoms with Crippen LogP contribution in [-0.2, 0) is 26.9 Å². The molecule has 7 aromatic rings. The topological polar surface area (TPSA) is 9.86 Å². The summed E-state index contributed by atoms with van der Waals surface area (Å²) in [6.45, 7) is 4.58. The quantitative estimate of drug-likeness (QED) is 0.0904. The van der Waals surface area contributed by atoms with E-state index in [-0.39, 0.29) is 0 Å². The van der Waals surface area contributed by atoms with Gasteiger partial charge in [0.2, 0.25) is 0 Å². The average molecular weight is 673 g/mol. The second-order valence-electron chi connectivity index (χ2n) is 14.0. The van der Waals surface area contributed by atoms with Gasteiger partial charge in [-0.25, -0.2) is 0 Å². The lowest BCUT2D eigenvalue weighted by atomic mass is 10.1. The zero-order valence-corrected chi connectivity index (χ0v) is 31.2. The second kappa shape index (κ2) is 15.0. The van der Waals surface area contributed by atoms with E-state index >= 15 is 0 Å². The lowest BCUT2D eigenvalue weighted by Gasteiger charge is -2.02. The summed E-state index contributed by atoms with van der Waals surface area (Å²) in [5, 5.41) is 5.35. The molecule has 0 fully saturated rings. The van der Waals surface area contributed by atoms with Gasteiger partial charge in [0, 0.05) is 77.2 Å². The van der Waals surface area contributed by atoms with Crippen LogP contribution < -0.4 is 0 Å². The summed E-state index contributed by atoms with van der Waals surface area (Å²) in [6.07, 6.45) is 18.7. The monoisotopic (exact) mass is 672 g/mol. The van der Waals surface area contributed by atoms with Crippen LogP contribution in [0.5, 0.6) is 0 Å². The molecular formula is C44H52N2S2. The zero-order chi connectivity index (χ0) is 33.0. The fraction of sp³-hybridized carbons (Fsp3) is 0.409. The summed E-state index contributed by atoms with van der Waals surface area (Å²) in [4.78, 5) is 5.81. The lowest BCUT2D eigenvalue weighted by Crippen LogP contribution is -1.88. The predicted octanol–water partition coefficient (Wildman–Crippen LogP) is 14.2. The zero-order valence-electron chi connectivity index (χ0n) is 29.5. The fourth-order valence-electron chi connectivity index (χ4n) is 7.70. The molecule has 3 aromatic carbocycles. The summed E-state index contributed by atoms with van der Waals surface area (Å²) in [7, 11) is 4.48. The third-order valence-corrected chi connectivity index (χ3v) is 13.0. The Morgan fingerprint density at radius 1 is 0.417 bits per heavy atom. The highest BCUT2D eigenvalue weighted by atomic mass is 32.1. The molecule has 0 bridgehead atoms. The van der Waals surface area contributed by atoms with Gasteiger partial charge in [0.1, 0.15) is 0 Å². The molecule has 4 aromatic heterocycles. The maximum atomic E-state index is 2.43. The van der Waals surface area contributed by atoms with E-state index in [4.69, 9.17) is 0 Å². The molecule has 0 spiro atoms. The molecule has 250 valence electrons. The van der Waals surface area contributed by atoms with Crippen molar-refractivity contribution >= 4 is 66.3 Å². The van der Waals surface area contributed by atoms with Crippen molar-refractivity contribution in [1.29, 1.82) is 0 Å². The lowest BCUT2D eigenvalue weighted by molar-refractivity contribution is 0.609. The van der Waals surface area contributed by atoms with Gasteiger partial charge in [-0.2, -0.15) is 0 Å². The van der Waals surface area contributed by atoms with E-state index in [1.165, 1.54) is 164 Å². The molecule has 0 aliphatic heterocycles. The van der Waals surface area contributed by atoms with Crippen molar-refractivity contribution in [1.82, 2.24) is 9.13 Å². The summed E-state index contributed by atoms with van der Waals surface area (Å²) >= 11 is 3.96. The Morgan fingerprint density at radius 3 is 1.25 bits per heavy atom. The normalized spacial score (nSPS) is 12.1. The van der Waals surface area contributed by atoms with E-state index in [1.807, 2.05) is 22.7 Å². The molecule has 0 unspecified atom stereocenters. The Balaban J connectivity index is 1.12. The third-order valence-electron chi connectivity index (χ3n) is 10.6. The Labute approximate surface area is 295 Å². The van der Waals surface area contributed by atoms with Crippen LogP contribution in [0.1, 0.15) is 101 Å². The Morgan fingerprint density at radius 2 is 0.812 bits per heavy atom. The second-order valence-corrected chi connectivity index (χ2v) is 16.4. The molecule has 4 heterocycles. The van der Waals surface area contributed by atoms with E-state index < -0.39 is 0 Å². The van der Waals surface area contributed by atoms with E-state index in [0.717, 1.165) is 0 Å². The summed E-state index contributed by atoms with van der Waals surface area (Å²) in [5.74, 6) is 0. The van der Waals surface area contributed by atoms with E-state index in [1.54, 1.807) is 0 Å². The molecule has 0 N–H and O–H groups in total. The third kappa shape index (κ3) is 6.76. The molecule has 0 atom stereocenters. The number of thiophene rings is 2. The molecule has 0 saturated heterocycles. The van der Waals surface area contributed by atoms with Gasteiger partial charge in [0.05, 0.1) is 0 Å². The van der Waals surface area contributed by atoms with Gasteiger partial charge < -0.3 is 9.13 Å². The smallest absolute Gasteiger partial charge is 0.0496 e. The van der Waals surface area contributed by atoms with E-state index in [2.05, 4.69) is 110 Å². The van der Waals surface area contributed by atoms with Gasteiger partial charge in [-0.15, -0.1) is 22.7 Å². The highest BCUT2D eigenvalue weighted by molar-refractivity contribution is 7.15. The largest absolute Gasteiger partial charge is 0.344 e. The summed E-state index contributed by atoms with van der Waals surface area (Å²) in [5.41, 5.74) is 7.89. The van der Waals surface area contributed by atoms with E-state index in [0.29, 0.717) is 0 Å². The van der Waals surface area contributed by atoms with Crippen LogP contribution in [0.3, 0.4) is 0 Å². The standard InChI is InChI=1S/C44H52N2S2/c1-5-7-9-11-13-15-17-33-21-25-43(47-33)31-19-23-35-37-29-42-38(30-41(37)45(3)39(35)27-31)36-24-20-32(28-40(36)46(42)4)44-26-22-34(48-44)18-16-14-12-10-8-6-2/h19-30H,5-18H2,1-4H3. The van der Waals surface area contributed by atoms with Gasteiger partial charge in [0.25, 0.3) is 0 Å². The minimum Gasteiger partial charge on any atom is -0.344 e. The van der Waals surface area contributed by atoms with Gasteiger partial charge in [-0.3, -0.25) is 0 Å². The molecule has 2 nitrogen and oxygen atoms in total. The fourth-order valence-corrected chi connectivity index (χ4v) is 9.79. The first kappa shape index (κ1) is 33.2. The molecule has 0 radical (unpaired) electrons. The van der Waals surface area contributed by atoms with Crippen molar-refractivity contribution in [2.45, 2.75) is 104 Å². The summed E-state index contributed by atoms with van der Waals surface area (Å²) in [6, 6.07) is 28.4. The Hall–Kier alpha value is -3.34.